The summed E-state index contributed by atoms with van der Waals surface area (Å²) in [7, 11) is -0.256. The molecule has 34 heavy (non-hydrogen) atoms. The molecule has 1 aliphatic rings. The first-order valence-corrected chi connectivity index (χ1v) is 14.0. The second-order valence-corrected chi connectivity index (χ2v) is 12.2. The molecule has 3 atom stereocenters. The quantitative estimate of drug-likeness (QED) is 0.103. The van der Waals surface area contributed by atoms with E-state index in [0.717, 1.165) is 17.7 Å². The number of hydrogen-bond acceptors (Lipinski definition) is 4. The van der Waals surface area contributed by atoms with E-state index in [2.05, 4.69) is 48.5 Å². The maximum absolute atomic E-state index is 13.0. The van der Waals surface area contributed by atoms with Crippen molar-refractivity contribution in [2.75, 3.05) is 0 Å². The number of halogens is 1. The van der Waals surface area contributed by atoms with Crippen molar-refractivity contribution in [3.05, 3.63) is 84.9 Å². The van der Waals surface area contributed by atoms with Crippen molar-refractivity contribution in [3.63, 3.8) is 0 Å². The molecule has 0 heterocycles. The molecule has 4 nitrogen and oxygen atoms in total. The van der Waals surface area contributed by atoms with Crippen molar-refractivity contribution >= 4 is 45.4 Å². The lowest BCUT2D eigenvalue weighted by Gasteiger charge is -2.29. The smallest absolute Gasteiger partial charge is 0.318 e. The first-order chi connectivity index (χ1) is 16.5. The lowest BCUT2D eigenvalue weighted by Crippen LogP contribution is -2.38. The number of alkyl halides is 1. The Kier molecular flexibility index (Phi) is 8.67. The minimum absolute atomic E-state index is 0.244. The molecule has 1 saturated carbocycles. The number of esters is 2. The van der Waals surface area contributed by atoms with Crippen LogP contribution in [0.25, 0.3) is 0 Å². The zero-order valence-electron chi connectivity index (χ0n) is 19.1. The third-order valence-electron chi connectivity index (χ3n) is 5.83. The second-order valence-electron chi connectivity index (χ2n) is 8.31. The van der Waals surface area contributed by atoms with Gasteiger partial charge in [0.15, 0.2) is 14.7 Å². The number of ether oxygens (including phenoxy) is 2. The molecule has 0 aliphatic heterocycles. The molecule has 0 saturated heterocycles. The fourth-order valence-electron chi connectivity index (χ4n) is 4.11. The molecule has 0 radical (unpaired) electrons. The van der Waals surface area contributed by atoms with E-state index in [-0.39, 0.29) is 26.8 Å². The lowest BCUT2D eigenvalue weighted by atomic mass is 9.86. The summed E-state index contributed by atoms with van der Waals surface area (Å²) in [5, 5.41) is 0. The van der Waals surface area contributed by atoms with E-state index in [0.29, 0.717) is 18.6 Å². The Morgan fingerprint density at radius 3 is 1.91 bits per heavy atom. The topological polar surface area (TPSA) is 52.6 Å². The van der Waals surface area contributed by atoms with Gasteiger partial charge in [0.1, 0.15) is 15.8 Å². The van der Waals surface area contributed by atoms with E-state index >= 15 is 0 Å². The van der Waals surface area contributed by atoms with Gasteiger partial charge in [0, 0.05) is 0 Å². The summed E-state index contributed by atoms with van der Waals surface area (Å²) in [6, 6.07) is 28.6. The highest BCUT2D eigenvalue weighted by atomic mass is 127. The summed E-state index contributed by atoms with van der Waals surface area (Å²) < 4.78 is 11.1. The van der Waals surface area contributed by atoms with Crippen molar-refractivity contribution in [2.45, 2.75) is 57.3 Å². The number of benzene rings is 3. The monoisotopic (exact) mass is 587 g/mol. The Morgan fingerprint density at radius 2 is 1.35 bits per heavy atom. The van der Waals surface area contributed by atoms with Crippen LogP contribution in [0.3, 0.4) is 0 Å². The molecule has 3 aromatic carbocycles. The minimum Gasteiger partial charge on any atom is -0.461 e. The second kappa shape index (κ2) is 11.9. The van der Waals surface area contributed by atoms with Crippen LogP contribution in [0.4, 0.5) is 0 Å². The molecule has 0 amide bonds. The van der Waals surface area contributed by atoms with Gasteiger partial charge in [-0.15, -0.1) is 0 Å². The highest BCUT2D eigenvalue weighted by Crippen LogP contribution is 2.33. The van der Waals surface area contributed by atoms with Gasteiger partial charge in [-0.1, -0.05) is 65.4 Å². The number of carbonyl (C=O) groups is 2. The third-order valence-corrected chi connectivity index (χ3v) is 8.57. The average Bonchev–Trinajstić information content (AvgIpc) is 2.87. The Morgan fingerprint density at radius 1 is 0.824 bits per heavy atom. The number of carbonyl (C=O) groups excluding carboxylic acids is 2. The van der Waals surface area contributed by atoms with Gasteiger partial charge < -0.3 is 9.47 Å². The molecule has 4 rings (SSSR count). The average molecular weight is 587 g/mol. The maximum Gasteiger partial charge on any atom is 0.318 e. The number of rotatable bonds is 7. The van der Waals surface area contributed by atoms with Crippen LogP contribution in [0.2, 0.25) is 0 Å². The summed E-state index contributed by atoms with van der Waals surface area (Å²) >= 11 is 2.03. The van der Waals surface area contributed by atoms with E-state index in [9.17, 15) is 9.59 Å². The molecule has 0 bridgehead atoms. The zero-order valence-corrected chi connectivity index (χ0v) is 22.0. The van der Waals surface area contributed by atoms with Crippen LogP contribution >= 0.6 is 22.6 Å². The van der Waals surface area contributed by atoms with Crippen molar-refractivity contribution in [3.8, 4) is 5.75 Å². The van der Waals surface area contributed by atoms with Gasteiger partial charge in [0.2, 0.25) is 0 Å². The Labute approximate surface area is 217 Å². The van der Waals surface area contributed by atoms with Crippen molar-refractivity contribution in [1.29, 1.82) is 0 Å². The lowest BCUT2D eigenvalue weighted by molar-refractivity contribution is -0.159. The van der Waals surface area contributed by atoms with Gasteiger partial charge in [-0.2, -0.15) is 0 Å². The Balaban J connectivity index is 1.50. The summed E-state index contributed by atoms with van der Waals surface area (Å²) in [5.41, 5.74) is 0. The molecule has 6 heteroatoms. The highest BCUT2D eigenvalue weighted by molar-refractivity contribution is 14.1. The molecular formula is C28H28IO4S+. The third kappa shape index (κ3) is 6.21. The standard InChI is InChI=1S/C28H28IO4S/c1-20(29)27(30)33-26-15-9-8-14-25(26)28(31)32-21-16-18-24(19-17-21)34(22-10-4-2-5-11-22)23-12-6-3-7-13-23/h2-7,10-13,16-20,25-26H,8-9,14-15H2,1H3/q+1. The molecular weight excluding hydrogens is 559 g/mol. The molecule has 0 aromatic heterocycles. The Hall–Kier alpha value is -2.32. The van der Waals surface area contributed by atoms with Crippen molar-refractivity contribution < 1.29 is 19.1 Å². The molecule has 1 fully saturated rings. The van der Waals surface area contributed by atoms with Crippen LogP contribution in [0.15, 0.2) is 99.6 Å². The minimum atomic E-state index is -0.421. The molecule has 1 aliphatic carbocycles. The Bertz CT molecular complexity index is 1050. The molecule has 3 aromatic rings. The van der Waals surface area contributed by atoms with Crippen LogP contribution in [0.5, 0.6) is 5.75 Å². The van der Waals surface area contributed by atoms with Gasteiger partial charge in [0.25, 0.3) is 0 Å². The van der Waals surface area contributed by atoms with Gasteiger partial charge in [0.05, 0.1) is 16.8 Å². The van der Waals surface area contributed by atoms with Gasteiger partial charge >= 0.3 is 11.9 Å². The van der Waals surface area contributed by atoms with E-state index in [1.165, 1.54) is 9.79 Å². The summed E-state index contributed by atoms with van der Waals surface area (Å²) in [6.45, 7) is 1.79. The van der Waals surface area contributed by atoms with Gasteiger partial charge in [-0.25, -0.2) is 0 Å². The first-order valence-electron chi connectivity index (χ1n) is 11.5. The van der Waals surface area contributed by atoms with E-state index < -0.39 is 12.0 Å². The van der Waals surface area contributed by atoms with Crippen LogP contribution in [0, 0.1) is 5.92 Å². The van der Waals surface area contributed by atoms with Crippen molar-refractivity contribution in [2.24, 2.45) is 5.92 Å². The van der Waals surface area contributed by atoms with Crippen LogP contribution in [-0.4, -0.2) is 22.0 Å². The molecule has 176 valence electrons. The molecule has 3 unspecified atom stereocenters. The van der Waals surface area contributed by atoms with Crippen LogP contribution < -0.4 is 4.74 Å². The first kappa shape index (κ1) is 24.8. The fourth-order valence-corrected chi connectivity index (χ4v) is 6.34. The van der Waals surface area contributed by atoms with E-state index in [4.69, 9.17) is 9.47 Å². The van der Waals surface area contributed by atoms with Gasteiger partial charge in [-0.3, -0.25) is 9.59 Å². The van der Waals surface area contributed by atoms with Crippen molar-refractivity contribution in [1.82, 2.24) is 0 Å². The van der Waals surface area contributed by atoms with Crippen LogP contribution in [-0.2, 0) is 25.2 Å². The molecule has 0 spiro atoms. The summed E-state index contributed by atoms with van der Waals surface area (Å²) in [4.78, 5) is 28.7. The van der Waals surface area contributed by atoms with Crippen LogP contribution in [0.1, 0.15) is 32.6 Å². The molecule has 0 N–H and O–H groups in total. The summed E-state index contributed by atoms with van der Waals surface area (Å²) in [6.07, 6.45) is 2.85. The zero-order chi connectivity index (χ0) is 23.9. The fraction of sp³-hybridized carbons (Fsp3) is 0.286. The number of hydrogen-bond donors (Lipinski definition) is 0. The van der Waals surface area contributed by atoms with Gasteiger partial charge in [-0.05, 0) is 74.7 Å². The predicted octanol–water partition coefficient (Wildman–Crippen LogP) is 6.61. The van der Waals surface area contributed by atoms with E-state index in [1.807, 2.05) is 59.0 Å². The largest absolute Gasteiger partial charge is 0.461 e. The predicted molar refractivity (Wildman–Crippen MR) is 142 cm³/mol. The van der Waals surface area contributed by atoms with E-state index in [1.54, 1.807) is 6.92 Å². The maximum atomic E-state index is 13.0. The highest BCUT2D eigenvalue weighted by Gasteiger charge is 2.36. The summed E-state index contributed by atoms with van der Waals surface area (Å²) in [5.74, 6) is -0.507. The SMILES string of the molecule is CC(I)C(=O)OC1CCCCC1C(=O)Oc1ccc([S+](c2ccccc2)c2ccccc2)cc1. The normalized spacial score (nSPS) is 18.8.